The molecule has 126 valence electrons. The quantitative estimate of drug-likeness (QED) is 0.599. The molecule has 1 amide bonds. The van der Waals surface area contributed by atoms with Crippen LogP contribution in [0.2, 0.25) is 10.0 Å². The van der Waals surface area contributed by atoms with Crippen molar-refractivity contribution in [2.24, 2.45) is 0 Å². The third kappa shape index (κ3) is 4.72. The first kappa shape index (κ1) is 17.7. The molecular formula is C18H13Cl2N3OS. The van der Waals surface area contributed by atoms with Crippen molar-refractivity contribution in [1.82, 2.24) is 9.97 Å². The molecule has 2 heterocycles. The van der Waals surface area contributed by atoms with Gasteiger partial charge in [0.25, 0.3) is 5.91 Å². The van der Waals surface area contributed by atoms with Gasteiger partial charge >= 0.3 is 0 Å². The van der Waals surface area contributed by atoms with Gasteiger partial charge in [0.05, 0.1) is 15.6 Å². The van der Waals surface area contributed by atoms with Crippen LogP contribution in [0.15, 0.2) is 66.1 Å². The van der Waals surface area contributed by atoms with Gasteiger partial charge in [-0.15, -0.1) is 11.8 Å². The molecule has 25 heavy (non-hydrogen) atoms. The van der Waals surface area contributed by atoms with E-state index in [2.05, 4.69) is 15.3 Å². The number of pyridine rings is 2. The highest BCUT2D eigenvalue weighted by Crippen LogP contribution is 2.27. The van der Waals surface area contributed by atoms with Gasteiger partial charge in [-0.05, 0) is 48.0 Å². The van der Waals surface area contributed by atoms with Crippen LogP contribution in [0, 0.1) is 0 Å². The lowest BCUT2D eigenvalue weighted by Gasteiger charge is -2.10. The van der Waals surface area contributed by atoms with Gasteiger partial charge in [-0.3, -0.25) is 9.78 Å². The number of nitrogens with one attached hydrogen (secondary N) is 1. The Kier molecular flexibility index (Phi) is 5.91. The first-order valence-electron chi connectivity index (χ1n) is 7.36. The summed E-state index contributed by atoms with van der Waals surface area (Å²) in [5.74, 6) is 0.454. The lowest BCUT2D eigenvalue weighted by molar-refractivity contribution is 0.102. The number of halogens is 2. The number of hydrogen-bond donors (Lipinski definition) is 1. The Labute approximate surface area is 159 Å². The predicted molar refractivity (Wildman–Crippen MR) is 102 cm³/mol. The summed E-state index contributed by atoms with van der Waals surface area (Å²) in [7, 11) is 0. The van der Waals surface area contributed by atoms with Crippen molar-refractivity contribution < 1.29 is 4.79 Å². The maximum Gasteiger partial charge on any atom is 0.258 e. The summed E-state index contributed by atoms with van der Waals surface area (Å²) in [6, 6.07) is 12.3. The molecule has 0 spiro atoms. The Bertz CT molecular complexity index is 890. The van der Waals surface area contributed by atoms with Crippen molar-refractivity contribution in [2.75, 3.05) is 5.32 Å². The Morgan fingerprint density at radius 3 is 2.60 bits per heavy atom. The van der Waals surface area contributed by atoms with Crippen LogP contribution >= 0.6 is 35.0 Å². The third-order valence-corrected chi connectivity index (χ3v) is 5.13. The fourth-order valence-corrected chi connectivity index (χ4v) is 3.33. The van der Waals surface area contributed by atoms with Gasteiger partial charge in [0.2, 0.25) is 0 Å². The zero-order valence-corrected chi connectivity index (χ0v) is 15.3. The average molecular weight is 390 g/mol. The Morgan fingerprint density at radius 2 is 1.84 bits per heavy atom. The minimum absolute atomic E-state index is 0.247. The summed E-state index contributed by atoms with van der Waals surface area (Å²) in [6.45, 7) is 0. The number of thioether (sulfide) groups is 1. The van der Waals surface area contributed by atoms with E-state index >= 15 is 0 Å². The zero-order chi connectivity index (χ0) is 17.6. The first-order valence-corrected chi connectivity index (χ1v) is 9.11. The fraction of sp³-hybridized carbons (Fsp3) is 0.0556. The topological polar surface area (TPSA) is 54.9 Å². The van der Waals surface area contributed by atoms with E-state index < -0.39 is 0 Å². The maximum atomic E-state index is 12.6. The Morgan fingerprint density at radius 1 is 1.04 bits per heavy atom. The molecule has 0 aliphatic rings. The van der Waals surface area contributed by atoms with Crippen LogP contribution in [0.5, 0.6) is 0 Å². The van der Waals surface area contributed by atoms with Crippen LogP contribution in [0.3, 0.4) is 0 Å². The molecule has 1 aromatic carbocycles. The number of carbonyl (C=O) groups excluding carboxylic acids is 1. The largest absolute Gasteiger partial charge is 0.322 e. The van der Waals surface area contributed by atoms with E-state index in [-0.39, 0.29) is 5.91 Å². The van der Waals surface area contributed by atoms with Crippen LogP contribution in [0.1, 0.15) is 15.9 Å². The molecular weight excluding hydrogens is 377 g/mol. The molecule has 7 heteroatoms. The van der Waals surface area contributed by atoms with Gasteiger partial charge in [0.15, 0.2) is 0 Å². The molecule has 1 N–H and O–H groups in total. The highest BCUT2D eigenvalue weighted by atomic mass is 35.5. The van der Waals surface area contributed by atoms with E-state index in [1.54, 1.807) is 48.9 Å². The molecule has 0 unspecified atom stereocenters. The number of amides is 1. The molecule has 0 bridgehead atoms. The number of aromatic nitrogens is 2. The van der Waals surface area contributed by atoms with E-state index in [0.29, 0.717) is 32.1 Å². The van der Waals surface area contributed by atoms with Gasteiger partial charge in [-0.1, -0.05) is 23.2 Å². The molecule has 0 aliphatic heterocycles. The zero-order valence-electron chi connectivity index (χ0n) is 12.9. The molecule has 3 aromatic rings. The van der Waals surface area contributed by atoms with E-state index in [1.807, 2.05) is 12.1 Å². The highest BCUT2D eigenvalue weighted by molar-refractivity contribution is 7.98. The van der Waals surface area contributed by atoms with Gasteiger partial charge in [0, 0.05) is 30.0 Å². The molecule has 0 saturated carbocycles. The Hall–Kier alpha value is -2.08. The number of carbonyl (C=O) groups is 1. The number of nitrogens with zero attached hydrogens (tertiary/aromatic N) is 2. The molecule has 0 radical (unpaired) electrons. The molecule has 0 fully saturated rings. The summed E-state index contributed by atoms with van der Waals surface area (Å²) >= 11 is 13.4. The molecule has 2 aromatic heterocycles. The second-order valence-corrected chi connectivity index (χ2v) is 6.86. The van der Waals surface area contributed by atoms with Crippen LogP contribution in [0.4, 0.5) is 5.69 Å². The number of anilines is 1. The summed E-state index contributed by atoms with van der Waals surface area (Å²) in [6.07, 6.45) is 5.16. The maximum absolute atomic E-state index is 12.6. The minimum atomic E-state index is -0.247. The summed E-state index contributed by atoms with van der Waals surface area (Å²) in [5.41, 5.74) is 2.20. The van der Waals surface area contributed by atoms with Gasteiger partial charge in [0.1, 0.15) is 5.03 Å². The van der Waals surface area contributed by atoms with Crippen molar-refractivity contribution in [3.8, 4) is 0 Å². The lowest BCUT2D eigenvalue weighted by atomic mass is 10.2. The van der Waals surface area contributed by atoms with E-state index in [4.69, 9.17) is 23.2 Å². The van der Waals surface area contributed by atoms with E-state index in [1.165, 1.54) is 11.8 Å². The first-order chi connectivity index (χ1) is 12.1. The molecule has 0 saturated heterocycles. The van der Waals surface area contributed by atoms with E-state index in [0.717, 1.165) is 5.56 Å². The molecule has 0 aliphatic carbocycles. The van der Waals surface area contributed by atoms with Gasteiger partial charge in [-0.25, -0.2) is 4.98 Å². The van der Waals surface area contributed by atoms with Crippen LogP contribution in [-0.2, 0) is 5.75 Å². The average Bonchev–Trinajstić information content (AvgIpc) is 2.64. The molecule has 0 atom stereocenters. The minimum Gasteiger partial charge on any atom is -0.322 e. The monoisotopic (exact) mass is 389 g/mol. The summed E-state index contributed by atoms with van der Waals surface area (Å²) in [4.78, 5) is 20.9. The predicted octanol–water partition coefficient (Wildman–Crippen LogP) is 5.33. The second-order valence-electron chi connectivity index (χ2n) is 5.08. The number of benzene rings is 1. The van der Waals surface area contributed by atoms with Crippen LogP contribution in [0.25, 0.3) is 0 Å². The van der Waals surface area contributed by atoms with Crippen molar-refractivity contribution >= 4 is 46.6 Å². The third-order valence-electron chi connectivity index (χ3n) is 3.32. The highest BCUT2D eigenvalue weighted by Gasteiger charge is 2.13. The van der Waals surface area contributed by atoms with Crippen molar-refractivity contribution in [3.63, 3.8) is 0 Å². The molecule has 3 rings (SSSR count). The number of rotatable bonds is 5. The second kappa shape index (κ2) is 8.34. The lowest BCUT2D eigenvalue weighted by Crippen LogP contribution is -2.13. The normalized spacial score (nSPS) is 10.5. The van der Waals surface area contributed by atoms with E-state index in [9.17, 15) is 4.79 Å². The summed E-state index contributed by atoms with van der Waals surface area (Å²) in [5, 5.41) is 4.31. The summed E-state index contributed by atoms with van der Waals surface area (Å²) < 4.78 is 0. The fourth-order valence-electron chi connectivity index (χ4n) is 2.08. The van der Waals surface area contributed by atoms with Crippen molar-refractivity contribution in [2.45, 2.75) is 10.8 Å². The van der Waals surface area contributed by atoms with Crippen LogP contribution in [-0.4, -0.2) is 15.9 Å². The Balaban J connectivity index is 1.75. The van der Waals surface area contributed by atoms with Crippen LogP contribution < -0.4 is 5.32 Å². The van der Waals surface area contributed by atoms with Crippen molar-refractivity contribution in [3.05, 3.63) is 82.2 Å². The number of hydrogen-bond acceptors (Lipinski definition) is 4. The van der Waals surface area contributed by atoms with Gasteiger partial charge in [-0.2, -0.15) is 0 Å². The smallest absolute Gasteiger partial charge is 0.258 e. The van der Waals surface area contributed by atoms with Crippen molar-refractivity contribution in [1.29, 1.82) is 0 Å². The molecule has 4 nitrogen and oxygen atoms in total. The standard InChI is InChI=1S/C18H13Cl2N3OS/c19-15-4-3-13(10-16(15)20)23-17(24)14-2-1-7-22-18(14)25-11-12-5-8-21-9-6-12/h1-10H,11H2,(H,23,24). The SMILES string of the molecule is O=C(Nc1ccc(Cl)c(Cl)c1)c1cccnc1SCc1ccncc1. The van der Waals surface area contributed by atoms with Gasteiger partial charge < -0.3 is 5.32 Å².